The number of ether oxygens (including phenoxy) is 4. The minimum atomic E-state index is -0.383. The second kappa shape index (κ2) is 12.3. The Morgan fingerprint density at radius 2 is 1.62 bits per heavy atom. The molecule has 1 aliphatic rings. The zero-order valence-corrected chi connectivity index (χ0v) is 17.9. The first-order valence-corrected chi connectivity index (χ1v) is 10.3. The molecule has 2 aromatic rings. The number of hydrogen-bond donors (Lipinski definition) is 2. The van der Waals surface area contributed by atoms with E-state index in [9.17, 15) is 9.59 Å². The molecule has 0 aromatic heterocycles. The molecule has 0 radical (unpaired) electrons. The predicted octanol–water partition coefficient (Wildman–Crippen LogP) is 1.90. The molecule has 0 bridgehead atoms. The van der Waals surface area contributed by atoms with Gasteiger partial charge in [-0.3, -0.25) is 9.59 Å². The van der Waals surface area contributed by atoms with Crippen LogP contribution in [0, 0.1) is 0 Å². The average molecular weight is 441 g/mol. The van der Waals surface area contributed by atoms with Gasteiger partial charge in [0.05, 0.1) is 19.4 Å². The highest BCUT2D eigenvalue weighted by Gasteiger charge is 2.16. The van der Waals surface area contributed by atoms with Crippen molar-refractivity contribution >= 4 is 18.0 Å². The van der Waals surface area contributed by atoms with Crippen molar-refractivity contribution in [2.24, 2.45) is 5.10 Å². The third kappa shape index (κ3) is 7.92. The Balaban J connectivity index is 1.33. The fourth-order valence-corrected chi connectivity index (χ4v) is 2.91. The summed E-state index contributed by atoms with van der Waals surface area (Å²) >= 11 is 0. The van der Waals surface area contributed by atoms with Crippen LogP contribution < -0.4 is 25.0 Å². The number of amides is 2. The van der Waals surface area contributed by atoms with Crippen molar-refractivity contribution in [3.63, 3.8) is 0 Å². The standard InChI is InChI=1S/C23H27N3O6/c1-29-18-8-10-20(11-9-18)32-16-23(28)26-25-13-17-4-6-19(7-5-17)31-15-22(27)24-14-21-3-2-12-30-21/h4-11,13,21H,2-3,12,14-16H2,1H3,(H,24,27)(H,26,28)/b25-13-/t21-/m0/s1. The predicted molar refractivity (Wildman–Crippen MR) is 118 cm³/mol. The van der Waals surface area contributed by atoms with Gasteiger partial charge >= 0.3 is 0 Å². The minimum Gasteiger partial charge on any atom is -0.497 e. The van der Waals surface area contributed by atoms with Gasteiger partial charge in [-0.25, -0.2) is 5.43 Å². The number of hydrazone groups is 1. The number of hydrogen-bond acceptors (Lipinski definition) is 7. The topological polar surface area (TPSA) is 107 Å². The lowest BCUT2D eigenvalue weighted by atomic mass is 10.2. The Morgan fingerprint density at radius 1 is 1.00 bits per heavy atom. The maximum absolute atomic E-state index is 11.8. The van der Waals surface area contributed by atoms with E-state index in [1.807, 2.05) is 0 Å². The molecule has 0 aliphatic carbocycles. The zero-order chi connectivity index (χ0) is 22.6. The fraction of sp³-hybridized carbons (Fsp3) is 0.348. The molecule has 32 heavy (non-hydrogen) atoms. The Morgan fingerprint density at radius 3 is 2.25 bits per heavy atom. The second-order valence-corrected chi connectivity index (χ2v) is 7.05. The lowest BCUT2D eigenvalue weighted by Crippen LogP contribution is -2.35. The quantitative estimate of drug-likeness (QED) is 0.407. The van der Waals surface area contributed by atoms with Gasteiger partial charge in [-0.1, -0.05) is 0 Å². The lowest BCUT2D eigenvalue weighted by Gasteiger charge is -2.11. The molecule has 1 saturated heterocycles. The Kier molecular flexibility index (Phi) is 8.88. The van der Waals surface area contributed by atoms with E-state index in [-0.39, 0.29) is 31.1 Å². The van der Waals surface area contributed by atoms with E-state index in [0.717, 1.165) is 25.0 Å². The number of benzene rings is 2. The summed E-state index contributed by atoms with van der Waals surface area (Å²) in [6.45, 7) is 1.04. The van der Waals surface area contributed by atoms with E-state index in [2.05, 4.69) is 15.8 Å². The Hall–Kier alpha value is -3.59. The van der Waals surface area contributed by atoms with Gasteiger partial charge in [-0.05, 0) is 66.9 Å². The largest absolute Gasteiger partial charge is 0.497 e. The Bertz CT molecular complexity index is 893. The van der Waals surface area contributed by atoms with Crippen LogP contribution in [0.5, 0.6) is 17.2 Å². The highest BCUT2D eigenvalue weighted by molar-refractivity contribution is 5.83. The monoisotopic (exact) mass is 441 g/mol. The summed E-state index contributed by atoms with van der Waals surface area (Å²) in [4.78, 5) is 23.7. The molecule has 1 aliphatic heterocycles. The van der Waals surface area contributed by atoms with Crippen LogP contribution in [0.25, 0.3) is 0 Å². The first-order chi connectivity index (χ1) is 15.6. The van der Waals surface area contributed by atoms with Crippen LogP contribution in [-0.2, 0) is 14.3 Å². The molecule has 9 nitrogen and oxygen atoms in total. The highest BCUT2D eigenvalue weighted by Crippen LogP contribution is 2.16. The molecular formula is C23H27N3O6. The van der Waals surface area contributed by atoms with Crippen molar-refractivity contribution in [3.05, 3.63) is 54.1 Å². The third-order valence-corrected chi connectivity index (χ3v) is 4.63. The van der Waals surface area contributed by atoms with Gasteiger partial charge in [-0.2, -0.15) is 5.10 Å². The Labute approximate surface area is 186 Å². The summed E-state index contributed by atoms with van der Waals surface area (Å²) in [6, 6.07) is 13.9. The number of rotatable bonds is 11. The summed E-state index contributed by atoms with van der Waals surface area (Å²) in [5.74, 6) is 1.25. The van der Waals surface area contributed by atoms with Crippen molar-refractivity contribution < 1.29 is 28.5 Å². The number of methoxy groups -OCH3 is 1. The van der Waals surface area contributed by atoms with E-state index >= 15 is 0 Å². The van der Waals surface area contributed by atoms with E-state index < -0.39 is 0 Å². The van der Waals surface area contributed by atoms with Gasteiger partial charge in [0.25, 0.3) is 11.8 Å². The third-order valence-electron chi connectivity index (χ3n) is 4.63. The molecule has 2 aromatic carbocycles. The summed E-state index contributed by atoms with van der Waals surface area (Å²) < 4.78 is 21.4. The first kappa shape index (κ1) is 23.1. The summed E-state index contributed by atoms with van der Waals surface area (Å²) in [5.41, 5.74) is 3.16. The lowest BCUT2D eigenvalue weighted by molar-refractivity contribution is -0.124. The van der Waals surface area contributed by atoms with Crippen LogP contribution >= 0.6 is 0 Å². The normalized spacial score (nSPS) is 15.3. The van der Waals surface area contributed by atoms with Crippen molar-refractivity contribution in [3.8, 4) is 17.2 Å². The van der Waals surface area contributed by atoms with Gasteiger partial charge in [0.15, 0.2) is 13.2 Å². The fourth-order valence-electron chi connectivity index (χ4n) is 2.91. The summed E-state index contributed by atoms with van der Waals surface area (Å²) in [6.07, 6.45) is 3.62. The van der Waals surface area contributed by atoms with Crippen LogP contribution in [0.2, 0.25) is 0 Å². The molecular weight excluding hydrogens is 414 g/mol. The molecule has 170 valence electrons. The van der Waals surface area contributed by atoms with Crippen LogP contribution in [0.4, 0.5) is 0 Å². The van der Waals surface area contributed by atoms with E-state index in [1.54, 1.807) is 55.6 Å². The molecule has 0 saturated carbocycles. The van der Waals surface area contributed by atoms with E-state index in [1.165, 1.54) is 6.21 Å². The van der Waals surface area contributed by atoms with Crippen molar-refractivity contribution in [1.29, 1.82) is 0 Å². The SMILES string of the molecule is COc1ccc(OCC(=O)N/N=C\c2ccc(OCC(=O)NC[C@@H]3CCCO3)cc2)cc1. The number of carbonyl (C=O) groups is 2. The highest BCUT2D eigenvalue weighted by atomic mass is 16.5. The molecule has 1 heterocycles. The van der Waals surface area contributed by atoms with E-state index in [4.69, 9.17) is 18.9 Å². The molecule has 1 fully saturated rings. The van der Waals surface area contributed by atoms with Gasteiger partial charge in [-0.15, -0.1) is 0 Å². The van der Waals surface area contributed by atoms with Crippen LogP contribution in [0.15, 0.2) is 53.6 Å². The van der Waals surface area contributed by atoms with Crippen LogP contribution in [0.1, 0.15) is 18.4 Å². The van der Waals surface area contributed by atoms with Crippen LogP contribution in [-0.4, -0.2) is 57.6 Å². The van der Waals surface area contributed by atoms with Crippen molar-refractivity contribution in [2.75, 3.05) is 33.5 Å². The zero-order valence-electron chi connectivity index (χ0n) is 17.9. The molecule has 0 spiro atoms. The number of carbonyl (C=O) groups excluding carboxylic acids is 2. The van der Waals surface area contributed by atoms with Gasteiger partial charge in [0, 0.05) is 13.2 Å². The van der Waals surface area contributed by atoms with Crippen molar-refractivity contribution in [1.82, 2.24) is 10.7 Å². The molecule has 3 rings (SSSR count). The molecule has 0 unspecified atom stereocenters. The van der Waals surface area contributed by atoms with Crippen molar-refractivity contribution in [2.45, 2.75) is 18.9 Å². The smallest absolute Gasteiger partial charge is 0.277 e. The van der Waals surface area contributed by atoms with Gasteiger partial charge < -0.3 is 24.3 Å². The first-order valence-electron chi connectivity index (χ1n) is 10.3. The summed E-state index contributed by atoms with van der Waals surface area (Å²) in [5, 5.41) is 6.71. The summed E-state index contributed by atoms with van der Waals surface area (Å²) in [7, 11) is 1.58. The van der Waals surface area contributed by atoms with Gasteiger partial charge in [0.2, 0.25) is 0 Å². The van der Waals surface area contributed by atoms with E-state index in [0.29, 0.717) is 23.8 Å². The molecule has 2 amide bonds. The molecule has 1 atom stereocenters. The number of nitrogens with one attached hydrogen (secondary N) is 2. The van der Waals surface area contributed by atoms with Crippen LogP contribution in [0.3, 0.4) is 0 Å². The second-order valence-electron chi connectivity index (χ2n) is 7.05. The molecule has 2 N–H and O–H groups in total. The number of nitrogens with zero attached hydrogens (tertiary/aromatic N) is 1. The minimum absolute atomic E-state index is 0.0651. The molecule has 9 heteroatoms. The maximum atomic E-state index is 11.8. The maximum Gasteiger partial charge on any atom is 0.277 e. The van der Waals surface area contributed by atoms with Gasteiger partial charge in [0.1, 0.15) is 17.2 Å². The average Bonchev–Trinajstić information content (AvgIpc) is 3.35.